The Morgan fingerprint density at radius 1 is 1.04 bits per heavy atom. The Kier molecular flexibility index (Phi) is 5.48. The monoisotopic (exact) mass is 353 g/mol. The van der Waals surface area contributed by atoms with Gasteiger partial charge < -0.3 is 19.2 Å². The van der Waals surface area contributed by atoms with Gasteiger partial charge in [-0.1, -0.05) is 17.7 Å². The summed E-state index contributed by atoms with van der Waals surface area (Å²) in [5.41, 5.74) is 1.91. The Morgan fingerprint density at radius 3 is 2.42 bits per heavy atom. The lowest BCUT2D eigenvalue weighted by molar-refractivity contribution is -0.123. The molecule has 0 aliphatic rings. The van der Waals surface area contributed by atoms with Crippen molar-refractivity contribution < 1.29 is 18.7 Å². The minimum atomic E-state index is -0.269. The van der Waals surface area contributed by atoms with Gasteiger partial charge in [0.25, 0.3) is 5.91 Å². The zero-order valence-electron chi connectivity index (χ0n) is 14.6. The van der Waals surface area contributed by atoms with Crippen LogP contribution in [0.4, 0.5) is 0 Å². The van der Waals surface area contributed by atoms with Crippen LogP contribution in [0.2, 0.25) is 0 Å². The van der Waals surface area contributed by atoms with Gasteiger partial charge in [0.2, 0.25) is 11.8 Å². The highest BCUT2D eigenvalue weighted by atomic mass is 16.5. The fraction of sp³-hybridized carbons (Fsp3) is 0.211. The molecule has 0 spiro atoms. The Balaban J connectivity index is 1.49. The van der Waals surface area contributed by atoms with Crippen molar-refractivity contribution in [2.24, 2.45) is 0 Å². The molecule has 0 bridgehead atoms. The number of carbonyl (C=O) groups is 1. The summed E-state index contributed by atoms with van der Waals surface area (Å²) in [6.45, 7) is 2.04. The van der Waals surface area contributed by atoms with Gasteiger partial charge in [0.05, 0.1) is 13.7 Å². The number of aryl methyl sites for hydroxylation is 1. The molecular weight excluding hydrogens is 334 g/mol. The van der Waals surface area contributed by atoms with Crippen molar-refractivity contribution in [3.8, 4) is 23.0 Å². The average Bonchev–Trinajstić information content (AvgIpc) is 3.15. The smallest absolute Gasteiger partial charge is 0.258 e. The quantitative estimate of drug-likeness (QED) is 0.703. The fourth-order valence-corrected chi connectivity index (χ4v) is 2.18. The number of rotatable bonds is 7. The summed E-state index contributed by atoms with van der Waals surface area (Å²) in [7, 11) is 1.60. The molecule has 2 aromatic carbocycles. The summed E-state index contributed by atoms with van der Waals surface area (Å²) in [6, 6.07) is 14.8. The van der Waals surface area contributed by atoms with Crippen LogP contribution in [0.5, 0.6) is 11.5 Å². The first-order valence-corrected chi connectivity index (χ1v) is 8.07. The largest absolute Gasteiger partial charge is 0.497 e. The molecule has 7 heteroatoms. The molecule has 0 radical (unpaired) electrons. The zero-order chi connectivity index (χ0) is 18.4. The van der Waals surface area contributed by atoms with E-state index in [-0.39, 0.29) is 19.1 Å². The third kappa shape index (κ3) is 4.60. The van der Waals surface area contributed by atoms with Gasteiger partial charge in [0.15, 0.2) is 6.61 Å². The van der Waals surface area contributed by atoms with Crippen LogP contribution >= 0.6 is 0 Å². The van der Waals surface area contributed by atoms with E-state index in [0.29, 0.717) is 17.5 Å². The van der Waals surface area contributed by atoms with Gasteiger partial charge in [0, 0.05) is 5.56 Å². The SMILES string of the molecule is COc1ccc(-c2nnc(CNC(=O)COc3ccc(C)cc3)o2)cc1. The third-order valence-electron chi connectivity index (χ3n) is 3.63. The molecule has 26 heavy (non-hydrogen) atoms. The van der Waals surface area contributed by atoms with Gasteiger partial charge in [0.1, 0.15) is 11.5 Å². The van der Waals surface area contributed by atoms with Crippen molar-refractivity contribution in [3.05, 3.63) is 60.0 Å². The van der Waals surface area contributed by atoms with E-state index in [1.54, 1.807) is 7.11 Å². The first kappa shape index (κ1) is 17.5. The summed E-state index contributed by atoms with van der Waals surface area (Å²) in [6.07, 6.45) is 0. The molecule has 134 valence electrons. The van der Waals surface area contributed by atoms with E-state index in [0.717, 1.165) is 16.9 Å². The van der Waals surface area contributed by atoms with Crippen LogP contribution in [0.3, 0.4) is 0 Å². The van der Waals surface area contributed by atoms with Crippen LogP contribution in [0.15, 0.2) is 52.9 Å². The molecule has 1 aromatic heterocycles. The number of hydrogen-bond donors (Lipinski definition) is 1. The molecule has 1 amide bonds. The molecular formula is C19H19N3O4. The minimum Gasteiger partial charge on any atom is -0.497 e. The van der Waals surface area contributed by atoms with Crippen molar-refractivity contribution in [2.45, 2.75) is 13.5 Å². The standard InChI is InChI=1S/C19H19N3O4/c1-13-3-7-16(8-4-13)25-12-17(23)20-11-18-21-22-19(26-18)14-5-9-15(24-2)10-6-14/h3-10H,11-12H2,1-2H3,(H,20,23). The third-order valence-corrected chi connectivity index (χ3v) is 3.63. The predicted molar refractivity (Wildman–Crippen MR) is 94.8 cm³/mol. The van der Waals surface area contributed by atoms with Gasteiger partial charge in [-0.3, -0.25) is 4.79 Å². The first-order valence-electron chi connectivity index (χ1n) is 8.07. The second-order valence-electron chi connectivity index (χ2n) is 5.61. The number of hydrogen-bond acceptors (Lipinski definition) is 6. The molecule has 0 aliphatic heterocycles. The van der Waals surface area contributed by atoms with Crippen LogP contribution in [0.25, 0.3) is 11.5 Å². The van der Waals surface area contributed by atoms with Crippen LogP contribution in [-0.2, 0) is 11.3 Å². The molecule has 0 atom stereocenters. The van der Waals surface area contributed by atoms with Gasteiger partial charge in [-0.15, -0.1) is 10.2 Å². The summed E-state index contributed by atoms with van der Waals surface area (Å²) in [4.78, 5) is 11.9. The lowest BCUT2D eigenvalue weighted by atomic mass is 10.2. The van der Waals surface area contributed by atoms with E-state index >= 15 is 0 Å². The molecule has 1 heterocycles. The highest BCUT2D eigenvalue weighted by Crippen LogP contribution is 2.21. The van der Waals surface area contributed by atoms with Crippen molar-refractivity contribution >= 4 is 5.91 Å². The summed E-state index contributed by atoms with van der Waals surface area (Å²) in [5, 5.41) is 10.6. The summed E-state index contributed by atoms with van der Waals surface area (Å²) < 4.78 is 16.1. The number of benzene rings is 2. The number of nitrogens with zero attached hydrogens (tertiary/aromatic N) is 2. The maximum atomic E-state index is 11.9. The number of carbonyl (C=O) groups excluding carboxylic acids is 1. The molecule has 0 unspecified atom stereocenters. The number of nitrogens with one attached hydrogen (secondary N) is 1. The topological polar surface area (TPSA) is 86.5 Å². The van der Waals surface area contributed by atoms with Crippen molar-refractivity contribution in [1.82, 2.24) is 15.5 Å². The van der Waals surface area contributed by atoms with Crippen molar-refractivity contribution in [1.29, 1.82) is 0 Å². The van der Waals surface area contributed by atoms with E-state index in [9.17, 15) is 4.79 Å². The van der Waals surface area contributed by atoms with E-state index in [4.69, 9.17) is 13.9 Å². The lowest BCUT2D eigenvalue weighted by Crippen LogP contribution is -2.28. The Hall–Kier alpha value is -3.35. The molecule has 0 saturated heterocycles. The van der Waals surface area contributed by atoms with E-state index in [1.807, 2.05) is 55.5 Å². The Bertz CT molecular complexity index is 857. The molecule has 3 rings (SSSR count). The maximum Gasteiger partial charge on any atom is 0.258 e. The summed E-state index contributed by atoms with van der Waals surface area (Å²) >= 11 is 0. The van der Waals surface area contributed by atoms with E-state index in [1.165, 1.54) is 0 Å². The van der Waals surface area contributed by atoms with E-state index in [2.05, 4.69) is 15.5 Å². The molecule has 1 N–H and O–H groups in total. The second-order valence-corrected chi connectivity index (χ2v) is 5.61. The fourth-order valence-electron chi connectivity index (χ4n) is 2.18. The molecule has 0 saturated carbocycles. The Morgan fingerprint density at radius 2 is 1.73 bits per heavy atom. The highest BCUT2D eigenvalue weighted by Gasteiger charge is 2.10. The van der Waals surface area contributed by atoms with Crippen LogP contribution < -0.4 is 14.8 Å². The van der Waals surface area contributed by atoms with Crippen LogP contribution in [-0.4, -0.2) is 29.8 Å². The van der Waals surface area contributed by atoms with Crippen molar-refractivity contribution in [3.63, 3.8) is 0 Å². The maximum absolute atomic E-state index is 11.9. The average molecular weight is 353 g/mol. The predicted octanol–water partition coefficient (Wildman–Crippen LogP) is 2.75. The lowest BCUT2D eigenvalue weighted by Gasteiger charge is -2.06. The number of ether oxygens (including phenoxy) is 2. The number of amides is 1. The summed E-state index contributed by atoms with van der Waals surface area (Å²) in [5.74, 6) is 1.82. The zero-order valence-corrected chi connectivity index (χ0v) is 14.6. The number of methoxy groups -OCH3 is 1. The van der Waals surface area contributed by atoms with E-state index < -0.39 is 0 Å². The highest BCUT2D eigenvalue weighted by molar-refractivity contribution is 5.77. The van der Waals surface area contributed by atoms with Crippen LogP contribution in [0, 0.1) is 6.92 Å². The van der Waals surface area contributed by atoms with Crippen LogP contribution in [0.1, 0.15) is 11.5 Å². The van der Waals surface area contributed by atoms with Gasteiger partial charge in [-0.25, -0.2) is 0 Å². The number of aromatic nitrogens is 2. The second kappa shape index (κ2) is 8.15. The van der Waals surface area contributed by atoms with Gasteiger partial charge in [-0.05, 0) is 43.3 Å². The normalized spacial score (nSPS) is 10.4. The first-order chi connectivity index (χ1) is 12.6. The Labute approximate surface area is 151 Å². The van der Waals surface area contributed by atoms with Crippen molar-refractivity contribution in [2.75, 3.05) is 13.7 Å². The van der Waals surface area contributed by atoms with Gasteiger partial charge >= 0.3 is 0 Å². The molecule has 7 nitrogen and oxygen atoms in total. The molecule has 0 fully saturated rings. The van der Waals surface area contributed by atoms with Gasteiger partial charge in [-0.2, -0.15) is 0 Å². The minimum absolute atomic E-state index is 0.0808. The molecule has 3 aromatic rings. The molecule has 0 aliphatic carbocycles.